The Morgan fingerprint density at radius 2 is 2.22 bits per heavy atom. The minimum atomic E-state index is -0.400. The first kappa shape index (κ1) is 12.9. The number of methoxy groups -OCH3 is 1. The van der Waals surface area contributed by atoms with Crippen LogP contribution in [-0.2, 0) is 9.53 Å². The molecule has 1 atom stereocenters. The first-order valence-corrected chi connectivity index (χ1v) is 6.10. The van der Waals surface area contributed by atoms with Crippen molar-refractivity contribution < 1.29 is 14.3 Å². The molecule has 0 radical (unpaired) electrons. The third kappa shape index (κ3) is 2.34. The minimum Gasteiger partial charge on any atom is -0.465 e. The number of amides is 1. The molecule has 5 heteroatoms. The van der Waals surface area contributed by atoms with Gasteiger partial charge in [-0.3, -0.25) is 4.79 Å². The summed E-state index contributed by atoms with van der Waals surface area (Å²) in [6.07, 6.45) is 0.336. The number of carbonyl (C=O) groups is 2. The SMILES string of the molecule is COC(=O)c1cc(N2CC(Cl)CC2=O)ccc1C. The lowest BCUT2D eigenvalue weighted by Crippen LogP contribution is -2.25. The minimum absolute atomic E-state index is 0.0188. The Hall–Kier alpha value is -1.55. The van der Waals surface area contributed by atoms with Crippen LogP contribution >= 0.6 is 11.6 Å². The molecule has 0 aliphatic carbocycles. The van der Waals surface area contributed by atoms with Gasteiger partial charge in [0.05, 0.1) is 18.1 Å². The summed E-state index contributed by atoms with van der Waals surface area (Å²) in [6.45, 7) is 2.30. The van der Waals surface area contributed by atoms with Crippen molar-refractivity contribution in [3.8, 4) is 0 Å². The normalized spacial score (nSPS) is 19.2. The van der Waals surface area contributed by atoms with E-state index in [0.29, 0.717) is 24.2 Å². The summed E-state index contributed by atoms with van der Waals surface area (Å²) in [6, 6.07) is 5.29. The van der Waals surface area contributed by atoms with Crippen molar-refractivity contribution in [2.45, 2.75) is 18.7 Å². The number of alkyl halides is 1. The van der Waals surface area contributed by atoms with E-state index in [-0.39, 0.29) is 11.3 Å². The molecule has 18 heavy (non-hydrogen) atoms. The Bertz CT molecular complexity index is 501. The maximum Gasteiger partial charge on any atom is 0.338 e. The van der Waals surface area contributed by atoms with Crippen molar-refractivity contribution in [3.05, 3.63) is 29.3 Å². The zero-order valence-corrected chi connectivity index (χ0v) is 11.0. The molecule has 1 aliphatic heterocycles. The van der Waals surface area contributed by atoms with E-state index in [1.807, 2.05) is 13.0 Å². The van der Waals surface area contributed by atoms with Gasteiger partial charge in [0.2, 0.25) is 5.91 Å². The molecule has 1 aromatic rings. The highest BCUT2D eigenvalue weighted by Crippen LogP contribution is 2.26. The van der Waals surface area contributed by atoms with Crippen LogP contribution in [0.2, 0.25) is 0 Å². The highest BCUT2D eigenvalue weighted by atomic mass is 35.5. The fourth-order valence-electron chi connectivity index (χ4n) is 2.02. The maximum atomic E-state index is 11.7. The molecule has 0 saturated carbocycles. The molecule has 1 heterocycles. The van der Waals surface area contributed by atoms with Gasteiger partial charge in [0, 0.05) is 18.7 Å². The van der Waals surface area contributed by atoms with Crippen molar-refractivity contribution in [1.29, 1.82) is 0 Å². The average Bonchev–Trinajstić information content (AvgIpc) is 2.68. The van der Waals surface area contributed by atoms with Gasteiger partial charge in [-0.05, 0) is 24.6 Å². The summed E-state index contributed by atoms with van der Waals surface area (Å²) in [5.41, 5.74) is 1.98. The van der Waals surface area contributed by atoms with Gasteiger partial charge in [0.1, 0.15) is 0 Å². The Kier molecular flexibility index (Phi) is 3.57. The second-order valence-electron chi connectivity index (χ2n) is 4.30. The third-order valence-electron chi connectivity index (χ3n) is 3.02. The summed E-state index contributed by atoms with van der Waals surface area (Å²) in [5.74, 6) is -0.418. The predicted octanol–water partition coefficient (Wildman–Crippen LogP) is 2.13. The number of hydrogen-bond donors (Lipinski definition) is 0. The molecule has 1 saturated heterocycles. The first-order chi connectivity index (χ1) is 8.52. The number of halogens is 1. The second kappa shape index (κ2) is 4.98. The molecule has 4 nitrogen and oxygen atoms in total. The van der Waals surface area contributed by atoms with Crippen LogP contribution in [0.25, 0.3) is 0 Å². The average molecular weight is 268 g/mol. The lowest BCUT2D eigenvalue weighted by molar-refractivity contribution is -0.117. The largest absolute Gasteiger partial charge is 0.465 e. The van der Waals surface area contributed by atoms with E-state index in [4.69, 9.17) is 16.3 Å². The lowest BCUT2D eigenvalue weighted by atomic mass is 10.1. The Labute approximate surface area is 110 Å². The molecule has 1 aliphatic rings. The molecule has 1 aromatic carbocycles. The number of aryl methyl sites for hydroxylation is 1. The van der Waals surface area contributed by atoms with Crippen LogP contribution in [-0.4, -0.2) is 30.9 Å². The summed E-state index contributed by atoms with van der Waals surface area (Å²) in [7, 11) is 1.34. The second-order valence-corrected chi connectivity index (χ2v) is 4.91. The van der Waals surface area contributed by atoms with E-state index >= 15 is 0 Å². The van der Waals surface area contributed by atoms with Crippen molar-refractivity contribution in [1.82, 2.24) is 0 Å². The molecule has 0 N–H and O–H groups in total. The maximum absolute atomic E-state index is 11.7. The van der Waals surface area contributed by atoms with Crippen LogP contribution in [0.1, 0.15) is 22.3 Å². The third-order valence-corrected chi connectivity index (χ3v) is 3.31. The van der Waals surface area contributed by atoms with Crippen molar-refractivity contribution in [2.24, 2.45) is 0 Å². The van der Waals surface area contributed by atoms with Crippen LogP contribution in [0.5, 0.6) is 0 Å². The molecule has 96 valence electrons. The highest BCUT2D eigenvalue weighted by molar-refractivity contribution is 6.24. The summed E-state index contributed by atoms with van der Waals surface area (Å²) in [5, 5.41) is -0.166. The number of benzene rings is 1. The first-order valence-electron chi connectivity index (χ1n) is 5.66. The van der Waals surface area contributed by atoms with Gasteiger partial charge >= 0.3 is 5.97 Å². The van der Waals surface area contributed by atoms with E-state index in [1.54, 1.807) is 17.0 Å². The molecule has 0 aromatic heterocycles. The van der Waals surface area contributed by atoms with Crippen molar-refractivity contribution >= 4 is 29.2 Å². The molecular weight excluding hydrogens is 254 g/mol. The smallest absolute Gasteiger partial charge is 0.338 e. The Morgan fingerprint density at radius 1 is 1.50 bits per heavy atom. The number of nitrogens with zero attached hydrogens (tertiary/aromatic N) is 1. The molecule has 1 fully saturated rings. The number of carbonyl (C=O) groups excluding carboxylic acids is 2. The summed E-state index contributed by atoms with van der Waals surface area (Å²) in [4.78, 5) is 24.9. The van der Waals surface area contributed by atoms with Gasteiger partial charge in [-0.2, -0.15) is 0 Å². The molecule has 1 unspecified atom stereocenters. The standard InChI is InChI=1S/C13H14ClNO3/c1-8-3-4-10(6-11(8)13(17)18-2)15-7-9(14)5-12(15)16/h3-4,6,9H,5,7H2,1-2H3. The lowest BCUT2D eigenvalue weighted by Gasteiger charge is -2.17. The van der Waals surface area contributed by atoms with Crippen LogP contribution in [0.15, 0.2) is 18.2 Å². The number of hydrogen-bond acceptors (Lipinski definition) is 3. The fourth-order valence-corrected chi connectivity index (χ4v) is 2.29. The van der Waals surface area contributed by atoms with Gasteiger partial charge < -0.3 is 9.64 Å². The molecule has 1 amide bonds. The monoisotopic (exact) mass is 267 g/mol. The van der Waals surface area contributed by atoms with E-state index < -0.39 is 5.97 Å². The fraction of sp³-hybridized carbons (Fsp3) is 0.385. The number of ether oxygens (including phenoxy) is 1. The highest BCUT2D eigenvalue weighted by Gasteiger charge is 2.29. The van der Waals surface area contributed by atoms with Crippen LogP contribution < -0.4 is 4.90 Å². The predicted molar refractivity (Wildman–Crippen MR) is 69.1 cm³/mol. The van der Waals surface area contributed by atoms with E-state index in [1.165, 1.54) is 7.11 Å². The topological polar surface area (TPSA) is 46.6 Å². The summed E-state index contributed by atoms with van der Waals surface area (Å²) < 4.78 is 4.71. The van der Waals surface area contributed by atoms with Gasteiger partial charge in [-0.1, -0.05) is 6.07 Å². The van der Waals surface area contributed by atoms with E-state index in [0.717, 1.165) is 5.56 Å². The number of anilines is 1. The van der Waals surface area contributed by atoms with Gasteiger partial charge in [-0.15, -0.1) is 11.6 Å². The quantitative estimate of drug-likeness (QED) is 0.609. The summed E-state index contributed by atoms with van der Waals surface area (Å²) >= 11 is 5.96. The Balaban J connectivity index is 2.35. The van der Waals surface area contributed by atoms with Crippen LogP contribution in [0, 0.1) is 6.92 Å². The zero-order valence-electron chi connectivity index (χ0n) is 10.3. The molecule has 0 bridgehead atoms. The van der Waals surface area contributed by atoms with Crippen molar-refractivity contribution in [2.75, 3.05) is 18.6 Å². The van der Waals surface area contributed by atoms with E-state index in [9.17, 15) is 9.59 Å². The van der Waals surface area contributed by atoms with E-state index in [2.05, 4.69) is 0 Å². The Morgan fingerprint density at radius 3 is 2.78 bits per heavy atom. The van der Waals surface area contributed by atoms with Gasteiger partial charge in [0.15, 0.2) is 0 Å². The molecular formula is C13H14ClNO3. The van der Waals surface area contributed by atoms with Gasteiger partial charge in [-0.25, -0.2) is 4.79 Å². The number of esters is 1. The van der Waals surface area contributed by atoms with Crippen LogP contribution in [0.4, 0.5) is 5.69 Å². The van der Waals surface area contributed by atoms with Gasteiger partial charge in [0.25, 0.3) is 0 Å². The zero-order chi connectivity index (χ0) is 13.3. The van der Waals surface area contributed by atoms with Crippen molar-refractivity contribution in [3.63, 3.8) is 0 Å². The molecule has 0 spiro atoms. The number of rotatable bonds is 2. The molecule has 2 rings (SSSR count). The van der Waals surface area contributed by atoms with Crippen LogP contribution in [0.3, 0.4) is 0 Å².